The Balaban J connectivity index is 1.93. The summed E-state index contributed by atoms with van der Waals surface area (Å²) in [6.07, 6.45) is 3.05. The van der Waals surface area contributed by atoms with E-state index in [2.05, 4.69) is 16.9 Å². The molecule has 1 N–H and O–H groups in total. The van der Waals surface area contributed by atoms with Crippen LogP contribution in [0, 0.1) is 5.41 Å². The molecule has 2 aromatic rings. The van der Waals surface area contributed by atoms with Crippen molar-refractivity contribution < 1.29 is 13.2 Å². The Morgan fingerprint density at radius 2 is 2.13 bits per heavy atom. The predicted octanol–water partition coefficient (Wildman–Crippen LogP) is 3.33. The molecule has 1 aliphatic rings. The average molecular weight is 324 g/mol. The Kier molecular flexibility index (Phi) is 4.04. The molecule has 124 valence electrons. The van der Waals surface area contributed by atoms with Crippen LogP contribution in [0.15, 0.2) is 20.1 Å². The van der Waals surface area contributed by atoms with Gasteiger partial charge in [0.25, 0.3) is 12.0 Å². The highest BCUT2D eigenvalue weighted by atomic mass is 19.3. The summed E-state index contributed by atoms with van der Waals surface area (Å²) in [6, 6.07) is 1.26. The molecule has 1 fully saturated rings. The van der Waals surface area contributed by atoms with Gasteiger partial charge in [-0.1, -0.05) is 13.3 Å². The first-order chi connectivity index (χ1) is 10.9. The van der Waals surface area contributed by atoms with Crippen molar-refractivity contribution in [2.24, 2.45) is 5.41 Å². The highest BCUT2D eigenvalue weighted by Crippen LogP contribution is 2.52. The largest absolute Gasteiger partial charge is 0.403 e. The summed E-state index contributed by atoms with van der Waals surface area (Å²) < 4.78 is 30.2. The lowest BCUT2D eigenvalue weighted by atomic mass is 9.94. The molecule has 1 aliphatic carbocycles. The van der Waals surface area contributed by atoms with Crippen LogP contribution in [-0.4, -0.2) is 9.97 Å². The minimum absolute atomic E-state index is 0.0929. The predicted molar refractivity (Wildman–Crippen MR) is 80.8 cm³/mol. The molecule has 0 aromatic carbocycles. The number of fused-ring (bicyclic) bond motifs is 1. The molecule has 2 heterocycles. The van der Waals surface area contributed by atoms with Gasteiger partial charge in [0, 0.05) is 6.07 Å². The zero-order valence-electron chi connectivity index (χ0n) is 12.8. The fourth-order valence-corrected chi connectivity index (χ4v) is 3.08. The molecule has 0 radical (unpaired) electrons. The van der Waals surface area contributed by atoms with E-state index in [0.29, 0.717) is 17.4 Å². The van der Waals surface area contributed by atoms with Crippen molar-refractivity contribution in [2.75, 3.05) is 0 Å². The Labute approximate surface area is 130 Å². The van der Waals surface area contributed by atoms with E-state index >= 15 is 0 Å². The molecule has 0 aliphatic heterocycles. The number of hydrogen-bond acceptors (Lipinski definition) is 4. The Hall–Kier alpha value is -2.05. The molecular weight excluding hydrogens is 306 g/mol. The Bertz CT molecular complexity index is 837. The smallest absolute Gasteiger partial charge is 0.337 e. The first-order valence-corrected chi connectivity index (χ1v) is 7.79. The third-order valence-electron chi connectivity index (χ3n) is 4.78. The van der Waals surface area contributed by atoms with E-state index in [1.807, 2.05) is 0 Å². The first kappa shape index (κ1) is 15.8. The van der Waals surface area contributed by atoms with Gasteiger partial charge in [0.05, 0.1) is 0 Å². The normalized spacial score (nSPS) is 16.2. The molecule has 0 amide bonds. The molecule has 23 heavy (non-hydrogen) atoms. The number of aromatic nitrogens is 2. The van der Waals surface area contributed by atoms with Crippen LogP contribution in [0.1, 0.15) is 56.8 Å². The second-order valence-corrected chi connectivity index (χ2v) is 6.23. The molecule has 1 saturated carbocycles. The van der Waals surface area contributed by atoms with Crippen LogP contribution in [0.2, 0.25) is 0 Å². The fourth-order valence-electron chi connectivity index (χ4n) is 3.08. The molecule has 5 nitrogen and oxygen atoms in total. The van der Waals surface area contributed by atoms with Crippen molar-refractivity contribution in [1.82, 2.24) is 9.97 Å². The zero-order valence-corrected chi connectivity index (χ0v) is 12.8. The second kappa shape index (κ2) is 5.86. The number of aryl methyl sites for hydroxylation is 1. The molecule has 2 aromatic heterocycles. The van der Waals surface area contributed by atoms with Crippen molar-refractivity contribution in [3.05, 3.63) is 38.2 Å². The summed E-state index contributed by atoms with van der Waals surface area (Å²) >= 11 is 0. The van der Waals surface area contributed by atoms with E-state index in [1.54, 1.807) is 0 Å². The molecule has 0 atom stereocenters. The summed E-state index contributed by atoms with van der Waals surface area (Å²) in [4.78, 5) is 29.3. The van der Waals surface area contributed by atoms with Crippen LogP contribution in [0.5, 0.6) is 0 Å². The lowest BCUT2D eigenvalue weighted by molar-refractivity contribution is 0.140. The minimum atomic E-state index is -2.93. The number of aromatic amines is 1. The van der Waals surface area contributed by atoms with E-state index in [9.17, 15) is 18.4 Å². The second-order valence-electron chi connectivity index (χ2n) is 6.23. The Morgan fingerprint density at radius 1 is 1.39 bits per heavy atom. The van der Waals surface area contributed by atoms with Crippen LogP contribution in [0.25, 0.3) is 11.1 Å². The highest BCUT2D eigenvalue weighted by Gasteiger charge is 2.39. The van der Waals surface area contributed by atoms with Gasteiger partial charge in [-0.2, -0.15) is 4.98 Å². The van der Waals surface area contributed by atoms with Gasteiger partial charge in [0.15, 0.2) is 5.82 Å². The monoisotopic (exact) mass is 324 g/mol. The fraction of sp³-hybridized carbons (Fsp3) is 0.562. The average Bonchev–Trinajstić information content (AvgIpc) is 3.26. The van der Waals surface area contributed by atoms with Gasteiger partial charge in [-0.25, -0.2) is 13.6 Å². The van der Waals surface area contributed by atoms with Crippen LogP contribution in [0.3, 0.4) is 0 Å². The van der Waals surface area contributed by atoms with Gasteiger partial charge in [0.1, 0.15) is 5.39 Å². The van der Waals surface area contributed by atoms with E-state index in [1.165, 1.54) is 18.9 Å². The van der Waals surface area contributed by atoms with Crippen molar-refractivity contribution in [3.63, 3.8) is 0 Å². The summed E-state index contributed by atoms with van der Waals surface area (Å²) in [6.45, 7) is 2.17. The molecule has 0 saturated heterocycles. The topological polar surface area (TPSA) is 76.0 Å². The lowest BCUT2D eigenvalue weighted by Crippen LogP contribution is -2.16. The maximum Gasteiger partial charge on any atom is 0.337 e. The van der Waals surface area contributed by atoms with Crippen molar-refractivity contribution in [2.45, 2.75) is 51.9 Å². The van der Waals surface area contributed by atoms with E-state index < -0.39 is 23.4 Å². The summed E-state index contributed by atoms with van der Waals surface area (Å²) in [5, 5.41) is 0.0929. The number of nitrogens with one attached hydrogen (secondary N) is 1. The number of alkyl halides is 2. The van der Waals surface area contributed by atoms with Gasteiger partial charge in [-0.05, 0) is 43.1 Å². The number of rotatable bonds is 6. The van der Waals surface area contributed by atoms with Crippen molar-refractivity contribution in [3.8, 4) is 0 Å². The third kappa shape index (κ3) is 3.18. The van der Waals surface area contributed by atoms with Crippen molar-refractivity contribution >= 4 is 11.1 Å². The van der Waals surface area contributed by atoms with E-state index in [-0.39, 0.29) is 11.1 Å². The van der Waals surface area contributed by atoms with Crippen LogP contribution < -0.4 is 11.2 Å². The molecular formula is C16H18F2N2O3. The Morgan fingerprint density at radius 3 is 2.74 bits per heavy atom. The quantitative estimate of drug-likeness (QED) is 0.884. The zero-order chi connectivity index (χ0) is 16.6. The van der Waals surface area contributed by atoms with Gasteiger partial charge < -0.3 is 9.40 Å². The number of hydrogen-bond donors (Lipinski definition) is 1. The highest BCUT2D eigenvalue weighted by molar-refractivity contribution is 5.75. The lowest BCUT2D eigenvalue weighted by Gasteiger charge is -2.12. The van der Waals surface area contributed by atoms with Crippen LogP contribution >= 0.6 is 0 Å². The van der Waals surface area contributed by atoms with Crippen LogP contribution in [0.4, 0.5) is 8.78 Å². The van der Waals surface area contributed by atoms with E-state index in [4.69, 9.17) is 4.42 Å². The molecule has 7 heteroatoms. The van der Waals surface area contributed by atoms with E-state index in [0.717, 1.165) is 19.3 Å². The molecule has 3 rings (SSSR count). The molecule has 0 spiro atoms. The number of halogens is 2. The summed E-state index contributed by atoms with van der Waals surface area (Å²) in [5.41, 5.74) is -0.757. The molecule has 0 unspecified atom stereocenters. The summed E-state index contributed by atoms with van der Waals surface area (Å²) in [5.74, 6) is -0.786. The SMILES string of the molecule is CCC1(CCCc2cc(=O)oc3nc(C(F)F)[nH]c(=O)c23)CC1. The summed E-state index contributed by atoms with van der Waals surface area (Å²) in [7, 11) is 0. The number of H-pyrrole nitrogens is 1. The third-order valence-corrected chi connectivity index (χ3v) is 4.78. The van der Waals surface area contributed by atoms with Crippen LogP contribution in [-0.2, 0) is 6.42 Å². The first-order valence-electron chi connectivity index (χ1n) is 7.79. The van der Waals surface area contributed by atoms with Gasteiger partial charge in [-0.3, -0.25) is 4.79 Å². The van der Waals surface area contributed by atoms with Gasteiger partial charge in [-0.15, -0.1) is 0 Å². The molecule has 0 bridgehead atoms. The number of nitrogens with zero attached hydrogens (tertiary/aromatic N) is 1. The minimum Gasteiger partial charge on any atom is -0.403 e. The standard InChI is InChI=1S/C16H18F2N2O3/c1-2-16(6-7-16)5-3-4-9-8-10(21)23-15-11(9)14(22)19-13(20-15)12(17)18/h8,12H,2-7H2,1H3,(H,19,20,22). The van der Waals surface area contributed by atoms with Crippen molar-refractivity contribution in [1.29, 1.82) is 0 Å². The van der Waals surface area contributed by atoms with Gasteiger partial charge >= 0.3 is 5.63 Å². The maximum atomic E-state index is 12.7. The van der Waals surface area contributed by atoms with Gasteiger partial charge in [0.2, 0.25) is 5.71 Å². The maximum absolute atomic E-state index is 12.7.